The van der Waals surface area contributed by atoms with Gasteiger partial charge in [-0.3, -0.25) is 9.59 Å². The van der Waals surface area contributed by atoms with Gasteiger partial charge >= 0.3 is 0 Å². The molecule has 2 aromatic heterocycles. The number of amides is 2. The number of likely N-dealkylation sites (tertiary alicyclic amines) is 1. The Morgan fingerprint density at radius 2 is 1.90 bits per heavy atom. The van der Waals surface area contributed by atoms with Gasteiger partial charge in [-0.15, -0.1) is 15.3 Å². The molecular formula is C19H19N7O2S. The van der Waals surface area contributed by atoms with Crippen LogP contribution < -0.4 is 5.32 Å². The molecule has 148 valence electrons. The minimum absolute atomic E-state index is 0.0864. The van der Waals surface area contributed by atoms with Gasteiger partial charge in [0.1, 0.15) is 10.0 Å². The van der Waals surface area contributed by atoms with Gasteiger partial charge in [-0.1, -0.05) is 46.9 Å². The molecule has 1 N–H and O–H groups in total. The number of nitrogens with one attached hydrogen (secondary N) is 1. The molecule has 2 fully saturated rings. The number of nitrogens with zero attached hydrogens (tertiary/aromatic N) is 6. The van der Waals surface area contributed by atoms with Crippen LogP contribution in [0.4, 0.5) is 0 Å². The van der Waals surface area contributed by atoms with Crippen molar-refractivity contribution in [2.24, 2.45) is 5.92 Å². The summed E-state index contributed by atoms with van der Waals surface area (Å²) in [5.41, 5.74) is 1.25. The molecule has 0 radical (unpaired) electrons. The SMILES string of the molecule is O=C(NCc1nnc(-c2ccccc2)s1)c1cn(C2CN(C(=O)C3CC3)C2)nn1. The number of hydrogen-bond donors (Lipinski definition) is 1. The van der Waals surface area contributed by atoms with Crippen molar-refractivity contribution < 1.29 is 9.59 Å². The molecule has 1 aromatic carbocycles. The van der Waals surface area contributed by atoms with Gasteiger partial charge in [0.2, 0.25) is 5.91 Å². The van der Waals surface area contributed by atoms with E-state index in [0.717, 1.165) is 28.4 Å². The quantitative estimate of drug-likeness (QED) is 0.662. The third-order valence-corrected chi connectivity index (χ3v) is 6.08. The fourth-order valence-corrected chi connectivity index (χ4v) is 4.00. The van der Waals surface area contributed by atoms with Gasteiger partial charge in [-0.25, -0.2) is 4.68 Å². The van der Waals surface area contributed by atoms with Crippen LogP contribution in [0.5, 0.6) is 0 Å². The zero-order chi connectivity index (χ0) is 19.8. The van der Waals surface area contributed by atoms with Gasteiger partial charge < -0.3 is 10.2 Å². The van der Waals surface area contributed by atoms with Crippen LogP contribution in [0, 0.1) is 5.92 Å². The summed E-state index contributed by atoms with van der Waals surface area (Å²) in [5.74, 6) is 0.167. The molecule has 3 heterocycles. The number of rotatable bonds is 6. The van der Waals surface area contributed by atoms with Crippen molar-refractivity contribution in [1.82, 2.24) is 35.4 Å². The van der Waals surface area contributed by atoms with Crippen LogP contribution in [0.1, 0.15) is 34.4 Å². The first-order chi connectivity index (χ1) is 14.2. The highest BCUT2D eigenvalue weighted by Crippen LogP contribution is 2.34. The highest BCUT2D eigenvalue weighted by Gasteiger charge is 2.40. The summed E-state index contributed by atoms with van der Waals surface area (Å²) in [4.78, 5) is 26.2. The normalized spacial score (nSPS) is 16.5. The molecule has 10 heteroatoms. The van der Waals surface area contributed by atoms with Gasteiger partial charge in [0.05, 0.1) is 18.8 Å². The van der Waals surface area contributed by atoms with Crippen LogP contribution in [0.15, 0.2) is 36.5 Å². The molecule has 9 nitrogen and oxygen atoms in total. The van der Waals surface area contributed by atoms with Gasteiger partial charge in [0, 0.05) is 24.6 Å². The fourth-order valence-electron chi connectivity index (χ4n) is 3.22. The van der Waals surface area contributed by atoms with Gasteiger partial charge in [0.15, 0.2) is 5.69 Å². The summed E-state index contributed by atoms with van der Waals surface area (Å²) in [7, 11) is 0. The van der Waals surface area contributed by atoms with E-state index in [1.54, 1.807) is 10.9 Å². The van der Waals surface area contributed by atoms with E-state index < -0.39 is 0 Å². The summed E-state index contributed by atoms with van der Waals surface area (Å²) in [6.07, 6.45) is 3.65. The predicted molar refractivity (Wildman–Crippen MR) is 105 cm³/mol. The van der Waals surface area contributed by atoms with Crippen LogP contribution in [-0.4, -0.2) is 55.0 Å². The monoisotopic (exact) mass is 409 g/mol. The van der Waals surface area contributed by atoms with Crippen LogP contribution in [0.3, 0.4) is 0 Å². The lowest BCUT2D eigenvalue weighted by Gasteiger charge is -2.39. The van der Waals surface area contributed by atoms with E-state index in [2.05, 4.69) is 25.8 Å². The van der Waals surface area contributed by atoms with Crippen LogP contribution in [-0.2, 0) is 11.3 Å². The van der Waals surface area contributed by atoms with Crippen molar-refractivity contribution in [2.75, 3.05) is 13.1 Å². The third-order valence-electron chi connectivity index (χ3n) is 5.11. The lowest BCUT2D eigenvalue weighted by atomic mass is 10.1. The van der Waals surface area contributed by atoms with E-state index in [4.69, 9.17) is 0 Å². The molecule has 2 aliphatic rings. The summed E-state index contributed by atoms with van der Waals surface area (Å²) in [6, 6.07) is 9.88. The van der Waals surface area contributed by atoms with Crippen molar-refractivity contribution in [3.05, 3.63) is 47.2 Å². The number of carbonyl (C=O) groups excluding carboxylic acids is 2. The number of carbonyl (C=O) groups is 2. The minimum Gasteiger partial charge on any atom is -0.344 e. The Kier molecular flexibility index (Phi) is 4.55. The van der Waals surface area contributed by atoms with Crippen molar-refractivity contribution in [1.29, 1.82) is 0 Å². The molecule has 1 aliphatic heterocycles. The molecule has 0 atom stereocenters. The Balaban J connectivity index is 1.14. The Hall–Kier alpha value is -3.14. The number of aromatic nitrogens is 5. The van der Waals surface area contributed by atoms with Crippen LogP contribution >= 0.6 is 11.3 Å². The third kappa shape index (κ3) is 3.75. The second-order valence-electron chi connectivity index (χ2n) is 7.30. The maximum absolute atomic E-state index is 12.4. The van der Waals surface area contributed by atoms with E-state index in [1.807, 2.05) is 35.2 Å². The summed E-state index contributed by atoms with van der Waals surface area (Å²) in [5, 5.41) is 20.7. The fraction of sp³-hybridized carbons (Fsp3) is 0.368. The lowest BCUT2D eigenvalue weighted by Crippen LogP contribution is -2.51. The molecule has 0 unspecified atom stereocenters. The largest absolute Gasteiger partial charge is 0.344 e. The average Bonchev–Trinajstić information content (AvgIpc) is 3.26. The van der Waals surface area contributed by atoms with Gasteiger partial charge in [-0.05, 0) is 12.8 Å². The highest BCUT2D eigenvalue weighted by molar-refractivity contribution is 7.14. The zero-order valence-corrected chi connectivity index (χ0v) is 16.4. The Morgan fingerprint density at radius 1 is 1.10 bits per heavy atom. The average molecular weight is 409 g/mol. The molecular weight excluding hydrogens is 390 g/mol. The Bertz CT molecular complexity index is 1040. The standard InChI is InChI=1S/C19H19N7O2S/c27-17(20-8-16-22-23-18(29-16)12-4-2-1-3-5-12)15-11-26(24-21-15)14-9-25(10-14)19(28)13-6-7-13/h1-5,11,13-14H,6-10H2,(H,20,27). The van der Waals surface area contributed by atoms with E-state index in [1.165, 1.54) is 11.3 Å². The molecule has 3 aromatic rings. The lowest BCUT2D eigenvalue weighted by molar-refractivity contribution is -0.138. The van der Waals surface area contributed by atoms with E-state index in [-0.39, 0.29) is 36.0 Å². The van der Waals surface area contributed by atoms with E-state index >= 15 is 0 Å². The van der Waals surface area contributed by atoms with Crippen molar-refractivity contribution in [2.45, 2.75) is 25.4 Å². The van der Waals surface area contributed by atoms with Crippen molar-refractivity contribution in [3.8, 4) is 10.6 Å². The number of benzene rings is 1. The summed E-state index contributed by atoms with van der Waals surface area (Å²) < 4.78 is 1.67. The second kappa shape index (κ2) is 7.36. The van der Waals surface area contributed by atoms with Gasteiger partial charge in [0.25, 0.3) is 5.91 Å². The zero-order valence-electron chi connectivity index (χ0n) is 15.6. The molecule has 1 saturated heterocycles. The first-order valence-corrected chi connectivity index (χ1v) is 10.4. The smallest absolute Gasteiger partial charge is 0.273 e. The van der Waals surface area contributed by atoms with Crippen LogP contribution in [0.25, 0.3) is 10.6 Å². The molecule has 0 bridgehead atoms. The van der Waals surface area contributed by atoms with E-state index in [9.17, 15) is 9.59 Å². The molecule has 2 amide bonds. The molecule has 1 saturated carbocycles. The van der Waals surface area contributed by atoms with Crippen molar-refractivity contribution in [3.63, 3.8) is 0 Å². The predicted octanol–water partition coefficient (Wildman–Crippen LogP) is 1.52. The molecule has 5 rings (SSSR count). The van der Waals surface area contributed by atoms with Crippen molar-refractivity contribution >= 4 is 23.2 Å². The maximum atomic E-state index is 12.4. The maximum Gasteiger partial charge on any atom is 0.273 e. The molecule has 1 aliphatic carbocycles. The topological polar surface area (TPSA) is 106 Å². The minimum atomic E-state index is -0.307. The Morgan fingerprint density at radius 3 is 2.66 bits per heavy atom. The summed E-state index contributed by atoms with van der Waals surface area (Å²) >= 11 is 1.44. The molecule has 29 heavy (non-hydrogen) atoms. The highest BCUT2D eigenvalue weighted by atomic mass is 32.1. The Labute approximate surface area is 170 Å². The van der Waals surface area contributed by atoms with Crippen LogP contribution in [0.2, 0.25) is 0 Å². The van der Waals surface area contributed by atoms with Gasteiger partial charge in [-0.2, -0.15) is 0 Å². The summed E-state index contributed by atoms with van der Waals surface area (Å²) in [6.45, 7) is 1.54. The van der Waals surface area contributed by atoms with E-state index in [0.29, 0.717) is 13.1 Å². The second-order valence-corrected chi connectivity index (χ2v) is 8.37. The molecule has 0 spiro atoms. The first kappa shape index (κ1) is 17.9. The first-order valence-electron chi connectivity index (χ1n) is 9.54. The number of hydrogen-bond acceptors (Lipinski definition) is 7.